The summed E-state index contributed by atoms with van der Waals surface area (Å²) in [6, 6.07) is 17.4. The fourth-order valence-corrected chi connectivity index (χ4v) is 7.61. The third-order valence-electron chi connectivity index (χ3n) is 5.91. The van der Waals surface area contributed by atoms with Crippen molar-refractivity contribution >= 4 is 43.9 Å². The quantitative estimate of drug-likeness (QED) is 0.256. The van der Waals surface area contributed by atoms with Crippen LogP contribution in [0.4, 0.5) is 10.9 Å². The van der Waals surface area contributed by atoms with Gasteiger partial charge in [-0.2, -0.15) is 0 Å². The highest BCUT2D eigenvalue weighted by atomic mass is 32.2. The van der Waals surface area contributed by atoms with Crippen molar-refractivity contribution in [1.82, 2.24) is 15.0 Å². The van der Waals surface area contributed by atoms with Crippen LogP contribution in [0.25, 0.3) is 0 Å². The smallest absolute Gasteiger partial charge is 0.188 e. The highest BCUT2D eigenvalue weighted by Gasteiger charge is 2.32. The number of aromatic nitrogens is 3. The Morgan fingerprint density at radius 1 is 1.08 bits per heavy atom. The number of para-hydroxylation sites is 1. The van der Waals surface area contributed by atoms with Crippen LogP contribution in [0.3, 0.4) is 0 Å². The molecule has 1 atom stereocenters. The van der Waals surface area contributed by atoms with Crippen molar-refractivity contribution < 1.29 is 13.2 Å². The van der Waals surface area contributed by atoms with Crippen LogP contribution in [0.1, 0.15) is 29.5 Å². The van der Waals surface area contributed by atoms with Gasteiger partial charge in [-0.05, 0) is 56.0 Å². The molecule has 186 valence electrons. The van der Waals surface area contributed by atoms with Crippen molar-refractivity contribution in [2.45, 2.75) is 29.9 Å². The second-order valence-corrected chi connectivity index (χ2v) is 13.0. The van der Waals surface area contributed by atoms with Gasteiger partial charge in [0.2, 0.25) is 0 Å². The van der Waals surface area contributed by atoms with Crippen LogP contribution in [-0.4, -0.2) is 34.9 Å². The third kappa shape index (κ3) is 6.24. The lowest BCUT2D eigenvalue weighted by Crippen LogP contribution is -2.26. The van der Waals surface area contributed by atoms with Gasteiger partial charge >= 0.3 is 0 Å². The van der Waals surface area contributed by atoms with E-state index in [1.54, 1.807) is 18.0 Å². The molecule has 0 spiro atoms. The summed E-state index contributed by atoms with van der Waals surface area (Å²) in [6.07, 6.45) is 4.86. The molecule has 36 heavy (non-hydrogen) atoms. The molecule has 3 aromatic heterocycles. The highest BCUT2D eigenvalue weighted by molar-refractivity contribution is 7.99. The number of thioether (sulfide) groups is 1. The first kappa shape index (κ1) is 24.7. The number of anilines is 2. The van der Waals surface area contributed by atoms with Gasteiger partial charge in [0.1, 0.15) is 15.6 Å². The first-order chi connectivity index (χ1) is 17.4. The van der Waals surface area contributed by atoms with E-state index in [4.69, 9.17) is 4.74 Å². The number of sulfone groups is 1. The van der Waals surface area contributed by atoms with Gasteiger partial charge in [-0.15, -0.1) is 23.1 Å². The standard InChI is InChI=1S/C26H26N4O3S3/c1-18-17-34-26(29-18)30-25-23(33-20-7-3-2-4-8-20)15-21(16-28-25)35-24(22-9-5-6-12-27-22)19-10-13-36(31,32)14-11-19/h2-9,12,15-17,19,24H,10-11,13-14H2,1H3,(H,28,29,30). The van der Waals surface area contributed by atoms with E-state index in [0.29, 0.717) is 30.2 Å². The maximum absolute atomic E-state index is 12.1. The number of nitrogens with one attached hydrogen (secondary N) is 1. The fourth-order valence-electron chi connectivity index (χ4n) is 4.09. The van der Waals surface area contributed by atoms with Crippen LogP contribution in [0, 0.1) is 12.8 Å². The first-order valence-corrected chi connectivity index (χ1v) is 15.2. The van der Waals surface area contributed by atoms with Crippen LogP contribution in [0.2, 0.25) is 0 Å². The molecule has 4 heterocycles. The summed E-state index contributed by atoms with van der Waals surface area (Å²) in [4.78, 5) is 14.7. The summed E-state index contributed by atoms with van der Waals surface area (Å²) in [6.45, 7) is 1.95. The molecule has 1 saturated heterocycles. The Kier molecular flexibility index (Phi) is 7.54. The minimum Gasteiger partial charge on any atom is -0.453 e. The van der Waals surface area contributed by atoms with Crippen molar-refractivity contribution in [3.63, 3.8) is 0 Å². The maximum Gasteiger partial charge on any atom is 0.188 e. The van der Waals surface area contributed by atoms with Crippen LogP contribution in [0.5, 0.6) is 11.5 Å². The predicted molar refractivity (Wildman–Crippen MR) is 145 cm³/mol. The van der Waals surface area contributed by atoms with Gasteiger partial charge in [-0.3, -0.25) is 4.98 Å². The zero-order valence-electron chi connectivity index (χ0n) is 19.7. The Morgan fingerprint density at radius 2 is 1.86 bits per heavy atom. The summed E-state index contributed by atoms with van der Waals surface area (Å²) >= 11 is 3.16. The number of pyridine rings is 2. The number of hydrogen-bond acceptors (Lipinski definition) is 9. The first-order valence-electron chi connectivity index (χ1n) is 11.7. The number of thiazole rings is 1. The van der Waals surface area contributed by atoms with Crippen LogP contribution >= 0.6 is 23.1 Å². The summed E-state index contributed by atoms with van der Waals surface area (Å²) in [5, 5.41) is 6.01. The van der Waals surface area contributed by atoms with E-state index in [0.717, 1.165) is 21.4 Å². The van der Waals surface area contributed by atoms with Crippen molar-refractivity contribution in [3.05, 3.63) is 83.8 Å². The number of ether oxygens (including phenoxy) is 1. The van der Waals surface area contributed by atoms with Crippen LogP contribution in [0.15, 0.2) is 77.3 Å². The molecule has 4 aromatic rings. The summed E-state index contributed by atoms with van der Waals surface area (Å²) in [7, 11) is -2.95. The predicted octanol–water partition coefficient (Wildman–Crippen LogP) is 6.44. The molecule has 1 aliphatic rings. The topological polar surface area (TPSA) is 94.1 Å². The van der Waals surface area contributed by atoms with Gasteiger partial charge in [0.25, 0.3) is 0 Å². The highest BCUT2D eigenvalue weighted by Crippen LogP contribution is 2.46. The second kappa shape index (κ2) is 11.0. The van der Waals surface area contributed by atoms with E-state index in [2.05, 4.69) is 20.3 Å². The Morgan fingerprint density at radius 3 is 2.56 bits per heavy atom. The van der Waals surface area contributed by atoms with E-state index in [1.807, 2.05) is 73.1 Å². The molecular formula is C26H26N4O3S3. The molecule has 0 saturated carbocycles. The molecule has 1 fully saturated rings. The lowest BCUT2D eigenvalue weighted by molar-refractivity contribution is 0.451. The monoisotopic (exact) mass is 538 g/mol. The normalized spacial score (nSPS) is 16.4. The molecule has 1 aromatic carbocycles. The number of nitrogens with zero attached hydrogens (tertiary/aromatic N) is 3. The number of aryl methyl sites for hydroxylation is 1. The van der Waals surface area contributed by atoms with Crippen molar-refractivity contribution in [3.8, 4) is 11.5 Å². The van der Waals surface area contributed by atoms with E-state index in [-0.39, 0.29) is 22.7 Å². The molecule has 1 unspecified atom stereocenters. The largest absolute Gasteiger partial charge is 0.453 e. The van der Waals surface area contributed by atoms with Gasteiger partial charge in [0.15, 0.2) is 16.7 Å². The SMILES string of the molecule is Cc1csc(Nc2ncc(SC(c3ccccn3)C3CCS(=O)(=O)CC3)cc2Oc2ccccc2)n1. The summed E-state index contributed by atoms with van der Waals surface area (Å²) < 4.78 is 30.4. The average Bonchev–Trinajstić information content (AvgIpc) is 3.30. The summed E-state index contributed by atoms with van der Waals surface area (Å²) in [5.41, 5.74) is 1.88. The molecule has 5 rings (SSSR count). The zero-order chi connectivity index (χ0) is 25.0. The second-order valence-electron chi connectivity index (χ2n) is 8.63. The summed E-state index contributed by atoms with van der Waals surface area (Å²) in [5.74, 6) is 2.51. The van der Waals surface area contributed by atoms with E-state index in [1.165, 1.54) is 11.3 Å². The van der Waals surface area contributed by atoms with E-state index < -0.39 is 9.84 Å². The third-order valence-corrected chi connectivity index (χ3v) is 9.88. The Bertz CT molecular complexity index is 1400. The minimum absolute atomic E-state index is 0.00787. The number of hydrogen-bond donors (Lipinski definition) is 1. The van der Waals surface area contributed by atoms with Crippen molar-refractivity contribution in [2.24, 2.45) is 5.92 Å². The molecule has 1 aliphatic heterocycles. The van der Waals surface area contributed by atoms with E-state index in [9.17, 15) is 8.42 Å². The Hall–Kier alpha value is -2.95. The van der Waals surface area contributed by atoms with Crippen molar-refractivity contribution in [1.29, 1.82) is 0 Å². The molecule has 0 amide bonds. The number of rotatable bonds is 8. The van der Waals surface area contributed by atoms with Gasteiger partial charge in [0, 0.05) is 22.7 Å². The van der Waals surface area contributed by atoms with E-state index >= 15 is 0 Å². The van der Waals surface area contributed by atoms with Gasteiger partial charge in [-0.1, -0.05) is 24.3 Å². The maximum atomic E-state index is 12.1. The molecule has 1 N–H and O–H groups in total. The number of benzene rings is 1. The lowest BCUT2D eigenvalue weighted by Gasteiger charge is -2.29. The van der Waals surface area contributed by atoms with Crippen LogP contribution in [-0.2, 0) is 9.84 Å². The molecule has 0 bridgehead atoms. The Balaban J connectivity index is 1.45. The van der Waals surface area contributed by atoms with Gasteiger partial charge < -0.3 is 10.1 Å². The van der Waals surface area contributed by atoms with Gasteiger partial charge in [-0.25, -0.2) is 18.4 Å². The molecule has 0 radical (unpaired) electrons. The lowest BCUT2D eigenvalue weighted by atomic mass is 9.96. The van der Waals surface area contributed by atoms with Gasteiger partial charge in [0.05, 0.1) is 28.1 Å². The molecule has 7 nitrogen and oxygen atoms in total. The molecular weight excluding hydrogens is 513 g/mol. The van der Waals surface area contributed by atoms with Crippen molar-refractivity contribution in [2.75, 3.05) is 16.8 Å². The van der Waals surface area contributed by atoms with Crippen LogP contribution < -0.4 is 10.1 Å². The molecule has 0 aliphatic carbocycles. The minimum atomic E-state index is -2.95. The average molecular weight is 539 g/mol. The fraction of sp³-hybridized carbons (Fsp3) is 0.269. The Labute approximate surface area is 219 Å². The molecule has 10 heteroatoms. The zero-order valence-corrected chi connectivity index (χ0v) is 22.2.